The van der Waals surface area contributed by atoms with E-state index in [1.165, 1.54) is 0 Å². The number of aliphatic hydroxyl groups is 1. The molecule has 0 heterocycles. The molecule has 0 spiro atoms. The molecule has 1 aromatic rings. The summed E-state index contributed by atoms with van der Waals surface area (Å²) < 4.78 is 0. The first kappa shape index (κ1) is 13.4. The number of hydrogen-bond donors (Lipinski definition) is 1. The van der Waals surface area contributed by atoms with Crippen molar-refractivity contribution in [2.24, 2.45) is 0 Å². The zero-order valence-electron chi connectivity index (χ0n) is 10.0. The molecule has 90 valence electrons. The Balaban J connectivity index is 2.38. The fourth-order valence-corrected chi connectivity index (χ4v) is 1.66. The van der Waals surface area contributed by atoms with E-state index in [9.17, 15) is 9.90 Å². The van der Waals surface area contributed by atoms with Crippen molar-refractivity contribution in [3.63, 3.8) is 0 Å². The van der Waals surface area contributed by atoms with Gasteiger partial charge in [-0.3, -0.25) is 4.79 Å². The second kappa shape index (κ2) is 6.82. The molecule has 17 heavy (non-hydrogen) atoms. The summed E-state index contributed by atoms with van der Waals surface area (Å²) in [5.41, 5.74) is 1.87. The van der Waals surface area contributed by atoms with Gasteiger partial charge in [-0.15, -0.1) is 0 Å². The van der Waals surface area contributed by atoms with Crippen molar-refractivity contribution >= 4 is 5.78 Å². The highest BCUT2D eigenvalue weighted by Crippen LogP contribution is 2.10. The Morgan fingerprint density at radius 3 is 2.59 bits per heavy atom. The van der Waals surface area contributed by atoms with Gasteiger partial charge in [0, 0.05) is 5.56 Å². The Labute approximate surface area is 102 Å². The van der Waals surface area contributed by atoms with Crippen LogP contribution in [0.2, 0.25) is 0 Å². The number of aliphatic hydroxyl groups excluding tert-OH is 1. The first-order chi connectivity index (χ1) is 8.13. The third kappa shape index (κ3) is 4.80. The minimum Gasteiger partial charge on any atom is -0.392 e. The monoisotopic (exact) mass is 231 g/mol. The van der Waals surface area contributed by atoms with Gasteiger partial charge in [-0.05, 0) is 31.7 Å². The predicted octanol–water partition coefficient (Wildman–Crippen LogP) is 2.49. The number of rotatable bonds is 6. The fraction of sp³-hybridized carbons (Fsp3) is 0.429. The van der Waals surface area contributed by atoms with Crippen LogP contribution >= 0.6 is 0 Å². The average Bonchev–Trinajstić information content (AvgIpc) is 2.30. The van der Waals surface area contributed by atoms with Crippen LogP contribution in [0.4, 0.5) is 0 Å². The largest absolute Gasteiger partial charge is 0.392 e. The minimum atomic E-state index is -0.517. The van der Waals surface area contributed by atoms with Crippen molar-refractivity contribution in [1.82, 2.24) is 0 Å². The molecule has 0 aliphatic rings. The van der Waals surface area contributed by atoms with Crippen LogP contribution in [0.15, 0.2) is 24.3 Å². The van der Waals surface area contributed by atoms with Crippen LogP contribution in [0.1, 0.15) is 42.1 Å². The summed E-state index contributed by atoms with van der Waals surface area (Å²) in [6, 6.07) is 9.47. The van der Waals surface area contributed by atoms with E-state index < -0.39 is 6.10 Å². The topological polar surface area (TPSA) is 61.1 Å². The van der Waals surface area contributed by atoms with Gasteiger partial charge in [0.1, 0.15) is 0 Å². The van der Waals surface area contributed by atoms with Crippen molar-refractivity contribution in [2.45, 2.75) is 38.7 Å². The number of ketones is 1. The summed E-state index contributed by atoms with van der Waals surface area (Å²) >= 11 is 0. The lowest BCUT2D eigenvalue weighted by Gasteiger charge is -2.06. The van der Waals surface area contributed by atoms with Crippen molar-refractivity contribution in [3.8, 4) is 6.07 Å². The van der Waals surface area contributed by atoms with Gasteiger partial charge >= 0.3 is 0 Å². The van der Waals surface area contributed by atoms with E-state index in [2.05, 4.69) is 0 Å². The van der Waals surface area contributed by atoms with Crippen LogP contribution in [0.3, 0.4) is 0 Å². The Morgan fingerprint density at radius 2 is 2.06 bits per heavy atom. The van der Waals surface area contributed by atoms with E-state index in [1.807, 2.05) is 30.3 Å². The second-order valence-corrected chi connectivity index (χ2v) is 4.16. The van der Waals surface area contributed by atoms with Crippen LogP contribution < -0.4 is 0 Å². The molecule has 0 saturated carbocycles. The molecular formula is C14H17NO2. The Kier molecular flexibility index (Phi) is 5.38. The number of carbonyl (C=O) groups excluding carboxylic acids is 1. The van der Waals surface area contributed by atoms with E-state index in [-0.39, 0.29) is 12.2 Å². The van der Waals surface area contributed by atoms with Crippen LogP contribution in [0, 0.1) is 11.3 Å². The number of nitriles is 1. The number of aryl methyl sites for hydroxylation is 1. The Morgan fingerprint density at radius 1 is 1.41 bits per heavy atom. The molecule has 1 atom stereocenters. The molecule has 0 radical (unpaired) electrons. The Bertz CT molecular complexity index is 403. The SMILES string of the molecule is CC(=O)c1ccc(CCCC(O)CC#N)cc1. The lowest BCUT2D eigenvalue weighted by molar-refractivity contribution is 0.101. The van der Waals surface area contributed by atoms with Gasteiger partial charge in [-0.2, -0.15) is 5.26 Å². The molecular weight excluding hydrogens is 214 g/mol. The maximum absolute atomic E-state index is 11.1. The maximum atomic E-state index is 11.1. The van der Waals surface area contributed by atoms with E-state index in [4.69, 9.17) is 5.26 Å². The summed E-state index contributed by atoms with van der Waals surface area (Å²) in [5, 5.41) is 17.8. The molecule has 1 aromatic carbocycles. The zero-order valence-corrected chi connectivity index (χ0v) is 10.0. The third-order valence-corrected chi connectivity index (χ3v) is 2.69. The fourth-order valence-electron chi connectivity index (χ4n) is 1.66. The van der Waals surface area contributed by atoms with Crippen LogP contribution in [0.25, 0.3) is 0 Å². The number of Topliss-reactive ketones (excluding diaryl/α,β-unsaturated/α-hetero) is 1. The highest BCUT2D eigenvalue weighted by molar-refractivity contribution is 5.93. The van der Waals surface area contributed by atoms with Crippen molar-refractivity contribution in [2.75, 3.05) is 0 Å². The second-order valence-electron chi connectivity index (χ2n) is 4.16. The highest BCUT2D eigenvalue weighted by Gasteiger charge is 2.03. The predicted molar refractivity (Wildman–Crippen MR) is 65.6 cm³/mol. The average molecular weight is 231 g/mol. The molecule has 0 saturated heterocycles. The van der Waals surface area contributed by atoms with Gasteiger partial charge in [0.05, 0.1) is 18.6 Å². The molecule has 0 fully saturated rings. The van der Waals surface area contributed by atoms with E-state index in [1.54, 1.807) is 6.92 Å². The molecule has 0 bridgehead atoms. The first-order valence-electron chi connectivity index (χ1n) is 5.78. The van der Waals surface area contributed by atoms with Crippen molar-refractivity contribution in [1.29, 1.82) is 5.26 Å². The molecule has 1 unspecified atom stereocenters. The molecule has 0 amide bonds. The summed E-state index contributed by atoms with van der Waals surface area (Å²) in [6.07, 6.45) is 2.03. The van der Waals surface area contributed by atoms with Gasteiger partial charge in [0.15, 0.2) is 5.78 Å². The summed E-state index contributed by atoms with van der Waals surface area (Å²) in [7, 11) is 0. The zero-order chi connectivity index (χ0) is 12.7. The minimum absolute atomic E-state index is 0.0704. The lowest BCUT2D eigenvalue weighted by Crippen LogP contribution is -2.05. The number of hydrogen-bond acceptors (Lipinski definition) is 3. The molecule has 3 heteroatoms. The van der Waals surface area contributed by atoms with E-state index >= 15 is 0 Å². The first-order valence-corrected chi connectivity index (χ1v) is 5.78. The van der Waals surface area contributed by atoms with Gasteiger partial charge < -0.3 is 5.11 Å². The molecule has 0 aliphatic heterocycles. The third-order valence-electron chi connectivity index (χ3n) is 2.69. The summed E-state index contributed by atoms with van der Waals surface area (Å²) in [4.78, 5) is 11.1. The van der Waals surface area contributed by atoms with Crippen LogP contribution in [-0.4, -0.2) is 17.0 Å². The molecule has 3 nitrogen and oxygen atoms in total. The number of benzene rings is 1. The standard InChI is InChI=1S/C14H17NO2/c1-11(16)13-7-5-12(6-8-13)3-2-4-14(17)9-10-15/h5-8,14,17H,2-4,9H2,1H3. The molecule has 1 N–H and O–H groups in total. The maximum Gasteiger partial charge on any atom is 0.159 e. The van der Waals surface area contributed by atoms with Crippen molar-refractivity contribution < 1.29 is 9.90 Å². The summed E-state index contributed by atoms with van der Waals surface area (Å²) in [5.74, 6) is 0.0704. The molecule has 0 aromatic heterocycles. The Hall–Kier alpha value is -1.66. The summed E-state index contributed by atoms with van der Waals surface area (Å²) in [6.45, 7) is 1.55. The molecule has 1 rings (SSSR count). The van der Waals surface area contributed by atoms with Gasteiger partial charge in [0.25, 0.3) is 0 Å². The number of nitrogens with zero attached hydrogens (tertiary/aromatic N) is 1. The van der Waals surface area contributed by atoms with Crippen molar-refractivity contribution in [3.05, 3.63) is 35.4 Å². The van der Waals surface area contributed by atoms with Crippen LogP contribution in [0.5, 0.6) is 0 Å². The van der Waals surface area contributed by atoms with Crippen LogP contribution in [-0.2, 0) is 6.42 Å². The molecule has 0 aliphatic carbocycles. The lowest BCUT2D eigenvalue weighted by atomic mass is 10.0. The highest BCUT2D eigenvalue weighted by atomic mass is 16.3. The van der Waals surface area contributed by atoms with Gasteiger partial charge in [-0.1, -0.05) is 24.3 Å². The van der Waals surface area contributed by atoms with Gasteiger partial charge in [0.2, 0.25) is 0 Å². The quantitative estimate of drug-likeness (QED) is 0.765. The van der Waals surface area contributed by atoms with E-state index in [0.29, 0.717) is 6.42 Å². The van der Waals surface area contributed by atoms with Gasteiger partial charge in [-0.25, -0.2) is 0 Å². The normalized spacial score (nSPS) is 11.8. The number of carbonyl (C=O) groups is 1. The van der Waals surface area contributed by atoms with E-state index in [0.717, 1.165) is 24.0 Å². The smallest absolute Gasteiger partial charge is 0.159 e.